The molecule has 7 nitrogen and oxygen atoms in total. The van der Waals surface area contributed by atoms with Crippen molar-refractivity contribution < 1.29 is 24.1 Å². The van der Waals surface area contributed by atoms with Crippen LogP contribution in [0, 0.1) is 17.2 Å². The third kappa shape index (κ3) is 5.46. The zero-order chi connectivity index (χ0) is 23.6. The highest BCUT2D eigenvalue weighted by molar-refractivity contribution is 6.30. The molecule has 4 atom stereocenters. The van der Waals surface area contributed by atoms with Crippen molar-refractivity contribution in [3.63, 3.8) is 0 Å². The van der Waals surface area contributed by atoms with Gasteiger partial charge in [-0.15, -0.1) is 0 Å². The molecule has 1 heterocycles. The molecule has 0 aromatic heterocycles. The molecule has 1 aromatic carbocycles. The quantitative estimate of drug-likeness (QED) is 0.364. The average molecular weight is 484 g/mol. The minimum Gasteiger partial charge on any atom is -0.489 e. The van der Waals surface area contributed by atoms with Crippen LogP contribution in [0.5, 0.6) is 5.75 Å². The third-order valence-electron chi connectivity index (χ3n) is 7.81. The molecule has 1 aromatic rings. The number of amides is 1. The lowest BCUT2D eigenvalue weighted by Crippen LogP contribution is -2.66. The summed E-state index contributed by atoms with van der Waals surface area (Å²) in [5.74, 6) is 0.292. The van der Waals surface area contributed by atoms with Gasteiger partial charge in [-0.25, -0.2) is 4.39 Å². The summed E-state index contributed by atoms with van der Waals surface area (Å²) in [5.41, 5.74) is -1.21. The number of aliphatic hydroxyl groups is 2. The number of rotatable bonds is 8. The molecule has 5 N–H and O–H groups in total. The lowest BCUT2D eigenvalue weighted by Gasteiger charge is -2.55. The number of benzene rings is 1. The molecule has 4 aliphatic rings. The van der Waals surface area contributed by atoms with Crippen molar-refractivity contribution in [2.75, 3.05) is 19.7 Å². The molecule has 2 bridgehead atoms. The number of ether oxygens (including phenoxy) is 1. The van der Waals surface area contributed by atoms with E-state index in [1.807, 2.05) is 0 Å². The summed E-state index contributed by atoms with van der Waals surface area (Å²) < 4.78 is 19.1. The first-order valence-electron chi connectivity index (χ1n) is 11.9. The highest BCUT2D eigenvalue weighted by Crippen LogP contribution is 2.52. The number of carbonyl (C=O) groups is 1. The largest absolute Gasteiger partial charge is 0.489 e. The maximum atomic E-state index is 13.6. The summed E-state index contributed by atoms with van der Waals surface area (Å²) in [5, 5.41) is 31.2. The Balaban J connectivity index is 1.28. The van der Waals surface area contributed by atoms with Crippen LogP contribution in [0.2, 0.25) is 5.02 Å². The van der Waals surface area contributed by atoms with Crippen molar-refractivity contribution in [2.45, 2.75) is 75.8 Å². The standard InChI is InChI=1S/C24H35ClFN3O4/c1-15-4-9-27-16(10-15)13-28-22(32)24-7-5-23(6-8-24,12-20(24)30)29-21(31)14-33-17-2-3-18(25)19(26)11-17/h2-3,11,15-16,20-21,27,29-31H,4-10,12-14H2,1H3,(H,28,32). The Labute approximate surface area is 199 Å². The first-order chi connectivity index (χ1) is 15.7. The smallest absolute Gasteiger partial charge is 0.228 e. The van der Waals surface area contributed by atoms with Gasteiger partial charge in [-0.3, -0.25) is 10.1 Å². The highest BCUT2D eigenvalue weighted by atomic mass is 35.5. The summed E-state index contributed by atoms with van der Waals surface area (Å²) >= 11 is 5.68. The van der Waals surface area contributed by atoms with Gasteiger partial charge in [0.05, 0.1) is 16.5 Å². The van der Waals surface area contributed by atoms with Gasteiger partial charge in [0.1, 0.15) is 24.4 Å². The second-order valence-electron chi connectivity index (χ2n) is 10.2. The van der Waals surface area contributed by atoms with Crippen LogP contribution in [0.3, 0.4) is 0 Å². The summed E-state index contributed by atoms with van der Waals surface area (Å²) in [7, 11) is 0. The molecule has 3 aliphatic carbocycles. The summed E-state index contributed by atoms with van der Waals surface area (Å²) in [6.45, 7) is 3.72. The van der Waals surface area contributed by atoms with Gasteiger partial charge >= 0.3 is 0 Å². The Morgan fingerprint density at radius 3 is 2.79 bits per heavy atom. The van der Waals surface area contributed by atoms with E-state index in [4.69, 9.17) is 16.3 Å². The minimum absolute atomic E-state index is 0.00962. The molecule has 0 spiro atoms. The number of hydrogen-bond donors (Lipinski definition) is 5. The topological polar surface area (TPSA) is 103 Å². The zero-order valence-electron chi connectivity index (χ0n) is 19.1. The number of fused-ring (bicyclic) bond motifs is 3. The van der Waals surface area contributed by atoms with Gasteiger partial charge in [0.25, 0.3) is 0 Å². The van der Waals surface area contributed by atoms with Crippen LogP contribution in [0.1, 0.15) is 51.9 Å². The fraction of sp³-hybridized carbons (Fsp3) is 0.708. The molecule has 184 valence electrons. The summed E-state index contributed by atoms with van der Waals surface area (Å²) in [6, 6.07) is 4.40. The third-order valence-corrected chi connectivity index (χ3v) is 8.12. The Morgan fingerprint density at radius 1 is 1.36 bits per heavy atom. The van der Waals surface area contributed by atoms with E-state index in [2.05, 4.69) is 22.9 Å². The highest BCUT2D eigenvalue weighted by Gasteiger charge is 2.58. The van der Waals surface area contributed by atoms with Crippen LogP contribution in [0.4, 0.5) is 4.39 Å². The fourth-order valence-electron chi connectivity index (χ4n) is 5.76. The molecular weight excluding hydrogens is 449 g/mol. The molecule has 0 radical (unpaired) electrons. The second-order valence-corrected chi connectivity index (χ2v) is 10.6. The van der Waals surface area contributed by atoms with E-state index in [0.717, 1.165) is 19.4 Å². The van der Waals surface area contributed by atoms with Crippen molar-refractivity contribution in [2.24, 2.45) is 11.3 Å². The van der Waals surface area contributed by atoms with Gasteiger partial charge in [-0.1, -0.05) is 18.5 Å². The monoisotopic (exact) mass is 483 g/mol. The van der Waals surface area contributed by atoms with Crippen LogP contribution in [-0.2, 0) is 4.79 Å². The van der Waals surface area contributed by atoms with Crippen LogP contribution in [-0.4, -0.2) is 59.7 Å². The molecular formula is C24H35ClFN3O4. The molecule has 1 saturated heterocycles. The van der Waals surface area contributed by atoms with Crippen LogP contribution in [0.25, 0.3) is 0 Å². The van der Waals surface area contributed by atoms with Gasteiger partial charge < -0.3 is 25.6 Å². The molecule has 4 unspecified atom stereocenters. The van der Waals surface area contributed by atoms with E-state index in [1.165, 1.54) is 18.2 Å². The minimum atomic E-state index is -0.991. The maximum absolute atomic E-state index is 13.6. The number of aliphatic hydroxyl groups excluding tert-OH is 2. The average Bonchev–Trinajstić information content (AvgIpc) is 2.79. The molecule has 9 heteroatoms. The van der Waals surface area contributed by atoms with E-state index in [9.17, 15) is 19.4 Å². The van der Waals surface area contributed by atoms with Crippen LogP contribution < -0.4 is 20.7 Å². The van der Waals surface area contributed by atoms with Crippen molar-refractivity contribution in [1.29, 1.82) is 0 Å². The molecule has 1 aliphatic heterocycles. The van der Waals surface area contributed by atoms with Gasteiger partial charge in [0, 0.05) is 24.2 Å². The number of halogens is 2. The zero-order valence-corrected chi connectivity index (χ0v) is 19.8. The van der Waals surface area contributed by atoms with Gasteiger partial charge in [0.2, 0.25) is 5.91 Å². The predicted molar refractivity (Wildman–Crippen MR) is 124 cm³/mol. The van der Waals surface area contributed by atoms with E-state index in [0.29, 0.717) is 44.6 Å². The second kappa shape index (κ2) is 10.0. The van der Waals surface area contributed by atoms with Crippen LogP contribution in [0.15, 0.2) is 18.2 Å². The molecule has 1 amide bonds. The Bertz CT molecular complexity index is 849. The maximum Gasteiger partial charge on any atom is 0.228 e. The normalized spacial score (nSPS) is 34.6. The summed E-state index contributed by atoms with van der Waals surface area (Å²) in [6.07, 6.45) is 3.34. The number of nitrogens with one attached hydrogen (secondary N) is 3. The Morgan fingerprint density at radius 2 is 2.12 bits per heavy atom. The van der Waals surface area contributed by atoms with Gasteiger partial charge in [0.15, 0.2) is 0 Å². The van der Waals surface area contributed by atoms with Crippen molar-refractivity contribution in [1.82, 2.24) is 16.0 Å². The number of carbonyl (C=O) groups excluding carboxylic acids is 1. The number of piperidine rings is 1. The molecule has 5 rings (SSSR count). The van der Waals surface area contributed by atoms with E-state index in [-0.39, 0.29) is 29.3 Å². The first kappa shape index (κ1) is 24.7. The van der Waals surface area contributed by atoms with E-state index >= 15 is 0 Å². The lowest BCUT2D eigenvalue weighted by molar-refractivity contribution is -0.157. The van der Waals surface area contributed by atoms with Crippen molar-refractivity contribution >= 4 is 17.5 Å². The number of hydrogen-bond acceptors (Lipinski definition) is 6. The lowest BCUT2D eigenvalue weighted by atomic mass is 9.55. The van der Waals surface area contributed by atoms with Gasteiger partial charge in [-0.05, 0) is 69.5 Å². The van der Waals surface area contributed by atoms with Gasteiger partial charge in [-0.2, -0.15) is 0 Å². The van der Waals surface area contributed by atoms with Crippen molar-refractivity contribution in [3.05, 3.63) is 29.0 Å². The predicted octanol–water partition coefficient (Wildman–Crippen LogP) is 2.33. The first-order valence-corrected chi connectivity index (χ1v) is 12.3. The SMILES string of the molecule is CC1CCNC(CNC(=O)C23CCC(NC(O)COc4ccc(Cl)c(F)c4)(CC2)CC3O)C1. The Hall–Kier alpha value is -1.45. The summed E-state index contributed by atoms with van der Waals surface area (Å²) in [4.78, 5) is 13.1. The molecule has 4 fully saturated rings. The fourth-order valence-corrected chi connectivity index (χ4v) is 5.88. The molecule has 33 heavy (non-hydrogen) atoms. The molecule has 3 saturated carbocycles. The van der Waals surface area contributed by atoms with E-state index in [1.54, 1.807) is 0 Å². The van der Waals surface area contributed by atoms with E-state index < -0.39 is 29.1 Å². The van der Waals surface area contributed by atoms with Crippen molar-refractivity contribution in [3.8, 4) is 5.75 Å². The van der Waals surface area contributed by atoms with Crippen LogP contribution >= 0.6 is 11.6 Å². The Kier molecular flexibility index (Phi) is 7.50.